The molecule has 0 unspecified atom stereocenters. The second-order valence-corrected chi connectivity index (χ2v) is 5.94. The largest absolute Gasteiger partial charge is 0.352 e. The van der Waals surface area contributed by atoms with Gasteiger partial charge in [-0.3, -0.25) is 4.99 Å². The van der Waals surface area contributed by atoms with Crippen LogP contribution in [0.15, 0.2) is 72.2 Å². The SMILES string of the molecule is CN=C(NCc1ccc(Cl)cc1)NCc1ccccc1-n1ccnc1.I. The Balaban J connectivity index is 0.00000243. The van der Waals surface area contributed by atoms with Gasteiger partial charge in [0.15, 0.2) is 5.96 Å². The molecular formula is C19H21ClIN5. The lowest BCUT2D eigenvalue weighted by molar-refractivity contribution is 0.804. The van der Waals surface area contributed by atoms with Gasteiger partial charge in [-0.1, -0.05) is 41.9 Å². The number of rotatable bonds is 5. The molecule has 0 aliphatic rings. The highest BCUT2D eigenvalue weighted by atomic mass is 127. The van der Waals surface area contributed by atoms with Gasteiger partial charge in [0.1, 0.15) is 0 Å². The lowest BCUT2D eigenvalue weighted by Crippen LogP contribution is -2.36. The van der Waals surface area contributed by atoms with Gasteiger partial charge in [-0.05, 0) is 29.3 Å². The van der Waals surface area contributed by atoms with Gasteiger partial charge in [-0.2, -0.15) is 0 Å². The van der Waals surface area contributed by atoms with E-state index in [0.717, 1.165) is 27.8 Å². The van der Waals surface area contributed by atoms with E-state index in [1.54, 1.807) is 19.6 Å². The van der Waals surface area contributed by atoms with Gasteiger partial charge in [-0.25, -0.2) is 4.98 Å². The molecule has 2 N–H and O–H groups in total. The van der Waals surface area contributed by atoms with E-state index in [4.69, 9.17) is 11.6 Å². The van der Waals surface area contributed by atoms with E-state index in [1.807, 2.05) is 47.2 Å². The fourth-order valence-electron chi connectivity index (χ4n) is 2.50. The Hall–Kier alpha value is -2.06. The molecular weight excluding hydrogens is 461 g/mol. The average Bonchev–Trinajstić information content (AvgIpc) is 3.18. The zero-order valence-corrected chi connectivity index (χ0v) is 17.5. The van der Waals surface area contributed by atoms with E-state index in [2.05, 4.69) is 32.7 Å². The van der Waals surface area contributed by atoms with Crippen molar-refractivity contribution in [3.8, 4) is 5.69 Å². The normalized spacial score (nSPS) is 10.9. The molecule has 0 fully saturated rings. The van der Waals surface area contributed by atoms with Crippen molar-refractivity contribution in [3.63, 3.8) is 0 Å². The first-order valence-corrected chi connectivity index (χ1v) is 8.39. The zero-order chi connectivity index (χ0) is 17.5. The minimum absolute atomic E-state index is 0. The van der Waals surface area contributed by atoms with E-state index >= 15 is 0 Å². The number of hydrogen-bond donors (Lipinski definition) is 2. The molecule has 5 nitrogen and oxygen atoms in total. The Bertz CT molecular complexity index is 831. The number of aromatic nitrogens is 2. The predicted molar refractivity (Wildman–Crippen MR) is 117 cm³/mol. The molecule has 3 aromatic rings. The van der Waals surface area contributed by atoms with E-state index < -0.39 is 0 Å². The van der Waals surface area contributed by atoms with E-state index in [9.17, 15) is 0 Å². The number of imidazole rings is 1. The molecule has 7 heteroatoms. The molecule has 0 bridgehead atoms. The predicted octanol–water partition coefficient (Wildman–Crippen LogP) is 4.01. The summed E-state index contributed by atoms with van der Waals surface area (Å²) in [5, 5.41) is 7.39. The summed E-state index contributed by atoms with van der Waals surface area (Å²) < 4.78 is 2.00. The van der Waals surface area contributed by atoms with Crippen LogP contribution in [-0.4, -0.2) is 22.6 Å². The van der Waals surface area contributed by atoms with Crippen molar-refractivity contribution in [1.82, 2.24) is 20.2 Å². The molecule has 3 rings (SSSR count). The quantitative estimate of drug-likeness (QED) is 0.329. The summed E-state index contributed by atoms with van der Waals surface area (Å²) in [6, 6.07) is 16.0. The van der Waals surface area contributed by atoms with Crippen molar-refractivity contribution < 1.29 is 0 Å². The molecule has 1 heterocycles. The number of guanidine groups is 1. The van der Waals surface area contributed by atoms with Crippen LogP contribution in [0.2, 0.25) is 5.02 Å². The summed E-state index contributed by atoms with van der Waals surface area (Å²) in [6.07, 6.45) is 5.51. The molecule has 0 saturated heterocycles. The van der Waals surface area contributed by atoms with Gasteiger partial charge in [0, 0.05) is 37.6 Å². The summed E-state index contributed by atoms with van der Waals surface area (Å²) in [6.45, 7) is 1.34. The van der Waals surface area contributed by atoms with Gasteiger partial charge in [-0.15, -0.1) is 24.0 Å². The minimum Gasteiger partial charge on any atom is -0.352 e. The van der Waals surface area contributed by atoms with Crippen LogP contribution in [0, 0.1) is 0 Å². The maximum Gasteiger partial charge on any atom is 0.191 e. The van der Waals surface area contributed by atoms with Crippen LogP contribution in [0.1, 0.15) is 11.1 Å². The topological polar surface area (TPSA) is 54.2 Å². The first kappa shape index (κ1) is 20.3. The van der Waals surface area contributed by atoms with Crippen molar-refractivity contribution in [2.75, 3.05) is 7.05 Å². The van der Waals surface area contributed by atoms with E-state index in [1.165, 1.54) is 0 Å². The van der Waals surface area contributed by atoms with Crippen LogP contribution in [0.5, 0.6) is 0 Å². The van der Waals surface area contributed by atoms with Gasteiger partial charge in [0.05, 0.1) is 12.0 Å². The van der Waals surface area contributed by atoms with Gasteiger partial charge in [0.25, 0.3) is 0 Å². The Kier molecular flexibility index (Phi) is 7.93. The first-order valence-electron chi connectivity index (χ1n) is 8.01. The van der Waals surface area contributed by atoms with Crippen LogP contribution in [0.4, 0.5) is 0 Å². The third-order valence-corrected chi connectivity index (χ3v) is 4.07. The number of nitrogens with zero attached hydrogens (tertiary/aromatic N) is 3. The molecule has 1 aromatic heterocycles. The number of halogens is 2. The molecule has 2 aromatic carbocycles. The maximum atomic E-state index is 5.91. The highest BCUT2D eigenvalue weighted by Gasteiger charge is 2.05. The third-order valence-electron chi connectivity index (χ3n) is 3.82. The van der Waals surface area contributed by atoms with Gasteiger partial charge >= 0.3 is 0 Å². The molecule has 0 spiro atoms. The fourth-order valence-corrected chi connectivity index (χ4v) is 2.63. The van der Waals surface area contributed by atoms with Gasteiger partial charge in [0.2, 0.25) is 0 Å². The second-order valence-electron chi connectivity index (χ2n) is 5.50. The lowest BCUT2D eigenvalue weighted by Gasteiger charge is -2.14. The van der Waals surface area contributed by atoms with Crippen molar-refractivity contribution in [1.29, 1.82) is 0 Å². The van der Waals surface area contributed by atoms with Crippen LogP contribution < -0.4 is 10.6 Å². The number of nitrogens with one attached hydrogen (secondary N) is 2. The summed E-state index contributed by atoms with van der Waals surface area (Å²) in [5.74, 6) is 0.746. The monoisotopic (exact) mass is 481 g/mol. The minimum atomic E-state index is 0. The second kappa shape index (κ2) is 10.2. The molecule has 0 aliphatic carbocycles. The summed E-state index contributed by atoms with van der Waals surface area (Å²) in [5.41, 5.74) is 3.40. The van der Waals surface area contributed by atoms with E-state index in [0.29, 0.717) is 13.1 Å². The van der Waals surface area contributed by atoms with Crippen LogP contribution >= 0.6 is 35.6 Å². The standard InChI is InChI=1S/C19H20ClN5.HI/c1-21-19(23-12-15-6-8-17(20)9-7-15)24-13-16-4-2-3-5-18(16)25-11-10-22-14-25;/h2-11,14H,12-13H2,1H3,(H2,21,23,24);1H. The first-order chi connectivity index (χ1) is 12.3. The highest BCUT2D eigenvalue weighted by Crippen LogP contribution is 2.14. The highest BCUT2D eigenvalue weighted by molar-refractivity contribution is 14.0. The van der Waals surface area contributed by atoms with Crippen LogP contribution in [-0.2, 0) is 13.1 Å². The van der Waals surface area contributed by atoms with Crippen LogP contribution in [0.3, 0.4) is 0 Å². The Morgan fingerprint density at radius 2 is 1.81 bits per heavy atom. The van der Waals surface area contributed by atoms with Crippen molar-refractivity contribution in [2.24, 2.45) is 4.99 Å². The number of hydrogen-bond acceptors (Lipinski definition) is 2. The summed E-state index contributed by atoms with van der Waals surface area (Å²) in [7, 11) is 1.76. The Morgan fingerprint density at radius 1 is 1.08 bits per heavy atom. The average molecular weight is 482 g/mol. The van der Waals surface area contributed by atoms with Crippen molar-refractivity contribution in [2.45, 2.75) is 13.1 Å². The Morgan fingerprint density at radius 3 is 2.50 bits per heavy atom. The van der Waals surface area contributed by atoms with Crippen molar-refractivity contribution in [3.05, 3.63) is 83.4 Å². The molecule has 26 heavy (non-hydrogen) atoms. The third kappa shape index (κ3) is 5.47. The molecule has 0 atom stereocenters. The number of para-hydroxylation sites is 1. The zero-order valence-electron chi connectivity index (χ0n) is 14.4. The Labute approximate surface area is 175 Å². The molecule has 0 saturated carbocycles. The molecule has 136 valence electrons. The summed E-state index contributed by atoms with van der Waals surface area (Å²) >= 11 is 5.91. The fraction of sp³-hybridized carbons (Fsp3) is 0.158. The molecule has 0 aliphatic heterocycles. The van der Waals surface area contributed by atoms with E-state index in [-0.39, 0.29) is 24.0 Å². The number of aliphatic imine (C=N–C) groups is 1. The number of benzene rings is 2. The summed E-state index contributed by atoms with van der Waals surface area (Å²) in [4.78, 5) is 8.39. The van der Waals surface area contributed by atoms with Crippen LogP contribution in [0.25, 0.3) is 5.69 Å². The molecule has 0 amide bonds. The molecule has 0 radical (unpaired) electrons. The maximum absolute atomic E-state index is 5.91. The smallest absolute Gasteiger partial charge is 0.191 e. The lowest BCUT2D eigenvalue weighted by atomic mass is 10.1. The van der Waals surface area contributed by atoms with Crippen molar-refractivity contribution >= 4 is 41.5 Å². The van der Waals surface area contributed by atoms with Gasteiger partial charge < -0.3 is 15.2 Å².